The van der Waals surface area contributed by atoms with E-state index in [0.29, 0.717) is 19.5 Å². The first-order chi connectivity index (χ1) is 18.0. The Hall–Kier alpha value is -3.98. The van der Waals surface area contributed by atoms with Crippen molar-refractivity contribution in [2.24, 2.45) is 0 Å². The fraction of sp³-hybridized carbons (Fsp3) is 0.333. The number of carbonyl (C=O) groups is 1. The molecule has 0 amide bonds. The van der Waals surface area contributed by atoms with Gasteiger partial charge in [0.2, 0.25) is 0 Å². The van der Waals surface area contributed by atoms with E-state index >= 15 is 0 Å². The number of likely N-dealkylation sites (N-methyl/N-ethyl adjacent to an activating group) is 1. The highest BCUT2D eigenvalue weighted by atomic mass is 19.4. The zero-order valence-electron chi connectivity index (χ0n) is 19.9. The summed E-state index contributed by atoms with van der Waals surface area (Å²) in [5, 5.41) is 38.3. The number of aliphatic carboxylic acids is 1. The number of aromatic hydroxyl groups is 2. The summed E-state index contributed by atoms with van der Waals surface area (Å²) in [5.41, 5.74) is -0.478. The first kappa shape index (κ1) is 29.6. The highest BCUT2D eigenvalue weighted by Gasteiger charge is 2.38. The summed E-state index contributed by atoms with van der Waals surface area (Å²) in [5.74, 6) is -4.76. The van der Waals surface area contributed by atoms with Crippen molar-refractivity contribution in [1.82, 2.24) is 4.90 Å². The molecule has 4 rings (SSSR count). The van der Waals surface area contributed by atoms with Crippen LogP contribution >= 0.6 is 0 Å². The second-order valence-corrected chi connectivity index (χ2v) is 8.61. The maximum absolute atomic E-state index is 12.8. The van der Waals surface area contributed by atoms with Crippen LogP contribution in [0.5, 0.6) is 17.2 Å². The van der Waals surface area contributed by atoms with Gasteiger partial charge in [0.1, 0.15) is 34.0 Å². The standard InChI is InChI=1S/C22H20F3NO6.C2HF3O2/c1-26-6-5-13(17(30)10-26)19-14(27)8-15(28)20-16(29)9-18(31-21(19)20)11-3-2-4-12(7-11)32-22(23,24)25;3-2(4,5)1(6)7/h2-4,7-9,13,17,27-28,30H,5-6,10H2,1H3;(H,6,7)/t13-,17+;/m0./s1. The van der Waals surface area contributed by atoms with Gasteiger partial charge in [-0.3, -0.25) is 4.79 Å². The van der Waals surface area contributed by atoms with Crippen LogP contribution in [0.3, 0.4) is 0 Å². The molecule has 0 spiro atoms. The summed E-state index contributed by atoms with van der Waals surface area (Å²) in [6.45, 7) is 0.942. The molecular weight excluding hydrogens is 544 g/mol. The van der Waals surface area contributed by atoms with Crippen LogP contribution in [0.25, 0.3) is 22.3 Å². The van der Waals surface area contributed by atoms with Gasteiger partial charge in [-0.2, -0.15) is 13.2 Å². The minimum Gasteiger partial charge on any atom is -0.507 e. The Morgan fingerprint density at radius 2 is 1.72 bits per heavy atom. The lowest BCUT2D eigenvalue weighted by Crippen LogP contribution is -2.40. The number of hydrogen-bond donors (Lipinski definition) is 4. The number of halogens is 6. The molecule has 1 aliphatic rings. The number of ether oxygens (including phenoxy) is 1. The van der Waals surface area contributed by atoms with Crippen molar-refractivity contribution < 1.29 is 60.7 Å². The Labute approximate surface area is 215 Å². The maximum atomic E-state index is 12.8. The molecule has 1 fully saturated rings. The number of carboxylic acids is 1. The van der Waals surface area contributed by atoms with Crippen molar-refractivity contribution >= 4 is 16.9 Å². The average molecular weight is 565 g/mol. The van der Waals surface area contributed by atoms with Gasteiger partial charge < -0.3 is 34.5 Å². The second-order valence-electron chi connectivity index (χ2n) is 8.61. The molecular formula is C24H21F6NO8. The smallest absolute Gasteiger partial charge is 0.507 e. The average Bonchev–Trinajstić information content (AvgIpc) is 2.78. The third-order valence-corrected chi connectivity index (χ3v) is 5.75. The monoisotopic (exact) mass is 565 g/mol. The van der Waals surface area contributed by atoms with Crippen LogP contribution < -0.4 is 10.2 Å². The zero-order chi connectivity index (χ0) is 29.3. The molecule has 15 heteroatoms. The number of carboxylic acid groups (broad SMARTS) is 1. The van der Waals surface area contributed by atoms with E-state index in [0.717, 1.165) is 24.3 Å². The zero-order valence-corrected chi connectivity index (χ0v) is 19.9. The summed E-state index contributed by atoms with van der Waals surface area (Å²) < 4.78 is 79.3. The number of likely N-dealkylation sites (tertiary alicyclic amines) is 1. The van der Waals surface area contributed by atoms with E-state index in [1.807, 2.05) is 11.9 Å². The number of aliphatic hydroxyl groups is 1. The number of fused-ring (bicyclic) bond motifs is 1. The van der Waals surface area contributed by atoms with Crippen molar-refractivity contribution in [2.45, 2.75) is 31.0 Å². The van der Waals surface area contributed by atoms with E-state index in [9.17, 15) is 46.5 Å². The Balaban J connectivity index is 0.000000532. The minimum absolute atomic E-state index is 0.0798. The van der Waals surface area contributed by atoms with Crippen molar-refractivity contribution in [3.8, 4) is 28.6 Å². The molecule has 0 bridgehead atoms. The summed E-state index contributed by atoms with van der Waals surface area (Å²) in [6, 6.07) is 6.97. The molecule has 9 nitrogen and oxygen atoms in total. The molecule has 3 aromatic rings. The molecule has 39 heavy (non-hydrogen) atoms. The fourth-order valence-electron chi connectivity index (χ4n) is 4.10. The van der Waals surface area contributed by atoms with Crippen molar-refractivity contribution in [1.29, 1.82) is 0 Å². The van der Waals surface area contributed by atoms with Crippen LogP contribution in [0.15, 0.2) is 45.6 Å². The van der Waals surface area contributed by atoms with Gasteiger partial charge >= 0.3 is 18.5 Å². The SMILES string of the molecule is CN1CC[C@H](c2c(O)cc(O)c3c(=O)cc(-c4cccc(OC(F)(F)F)c4)oc23)[C@H](O)C1.O=C(O)C(F)(F)F. The van der Waals surface area contributed by atoms with Gasteiger partial charge in [0.05, 0.1) is 6.10 Å². The minimum atomic E-state index is -5.08. The van der Waals surface area contributed by atoms with E-state index in [2.05, 4.69) is 4.74 Å². The molecule has 0 radical (unpaired) electrons. The number of β-amino-alcohol motifs (C(OH)–C–C–N with tert-alkyl or cyclic N) is 1. The van der Waals surface area contributed by atoms with Crippen molar-refractivity contribution in [3.05, 3.63) is 52.2 Å². The van der Waals surface area contributed by atoms with Gasteiger partial charge in [0, 0.05) is 35.7 Å². The number of nitrogens with zero attached hydrogens (tertiary/aromatic N) is 1. The number of alkyl halides is 6. The van der Waals surface area contributed by atoms with E-state index < -0.39 is 47.5 Å². The molecule has 212 valence electrons. The van der Waals surface area contributed by atoms with Crippen LogP contribution in [0.4, 0.5) is 26.3 Å². The highest BCUT2D eigenvalue weighted by molar-refractivity contribution is 5.89. The van der Waals surface area contributed by atoms with Crippen molar-refractivity contribution in [2.75, 3.05) is 20.1 Å². The van der Waals surface area contributed by atoms with Gasteiger partial charge in [-0.15, -0.1) is 13.2 Å². The van der Waals surface area contributed by atoms with Gasteiger partial charge in [-0.1, -0.05) is 12.1 Å². The van der Waals surface area contributed by atoms with Crippen LogP contribution in [0, 0.1) is 0 Å². The lowest BCUT2D eigenvalue weighted by atomic mass is 9.85. The van der Waals surface area contributed by atoms with E-state index in [1.54, 1.807) is 0 Å². The van der Waals surface area contributed by atoms with Gasteiger partial charge in [-0.05, 0) is 32.1 Å². The van der Waals surface area contributed by atoms with Gasteiger partial charge in [-0.25, -0.2) is 4.79 Å². The predicted molar refractivity (Wildman–Crippen MR) is 122 cm³/mol. The fourth-order valence-corrected chi connectivity index (χ4v) is 4.10. The molecule has 1 aromatic heterocycles. The Bertz CT molecular complexity index is 1420. The topological polar surface area (TPSA) is 141 Å². The first-order valence-corrected chi connectivity index (χ1v) is 11.0. The van der Waals surface area contributed by atoms with Crippen molar-refractivity contribution in [3.63, 3.8) is 0 Å². The van der Waals surface area contributed by atoms with E-state index in [4.69, 9.17) is 14.3 Å². The highest BCUT2D eigenvalue weighted by Crippen LogP contribution is 2.42. The Kier molecular flexibility index (Phi) is 8.36. The molecule has 2 heterocycles. The third kappa shape index (κ3) is 7.11. The molecule has 0 saturated carbocycles. The van der Waals surface area contributed by atoms with Gasteiger partial charge in [0.25, 0.3) is 0 Å². The van der Waals surface area contributed by atoms with E-state index in [1.165, 1.54) is 12.1 Å². The summed E-state index contributed by atoms with van der Waals surface area (Å²) >= 11 is 0. The number of hydrogen-bond acceptors (Lipinski definition) is 8. The maximum Gasteiger partial charge on any atom is 0.573 e. The molecule has 1 saturated heterocycles. The first-order valence-electron chi connectivity index (χ1n) is 11.0. The lowest BCUT2D eigenvalue weighted by molar-refractivity contribution is -0.274. The van der Waals surface area contributed by atoms with Crippen LogP contribution in [-0.2, 0) is 4.79 Å². The number of phenols is 2. The number of benzene rings is 2. The van der Waals surface area contributed by atoms with Gasteiger partial charge in [0.15, 0.2) is 5.43 Å². The number of piperidine rings is 1. The molecule has 4 N–H and O–H groups in total. The summed E-state index contributed by atoms with van der Waals surface area (Å²) in [4.78, 5) is 23.6. The quantitative estimate of drug-likeness (QED) is 0.344. The lowest BCUT2D eigenvalue weighted by Gasteiger charge is -2.34. The number of aliphatic hydroxyl groups excluding tert-OH is 1. The third-order valence-electron chi connectivity index (χ3n) is 5.75. The number of phenolic OH excluding ortho intramolecular Hbond substituents is 2. The number of rotatable bonds is 3. The second kappa shape index (κ2) is 11.0. The largest absolute Gasteiger partial charge is 0.573 e. The summed E-state index contributed by atoms with van der Waals surface area (Å²) in [7, 11) is 1.84. The van der Waals surface area contributed by atoms with Crippen LogP contribution in [0.2, 0.25) is 0 Å². The van der Waals surface area contributed by atoms with Crippen LogP contribution in [-0.4, -0.2) is 70.1 Å². The Morgan fingerprint density at radius 1 is 1.08 bits per heavy atom. The normalized spacial score (nSPS) is 18.4. The van der Waals surface area contributed by atoms with Crippen LogP contribution in [0.1, 0.15) is 17.9 Å². The molecule has 0 unspecified atom stereocenters. The molecule has 2 aromatic carbocycles. The summed E-state index contributed by atoms with van der Waals surface area (Å²) in [6.07, 6.45) is -10.4. The molecule has 1 aliphatic heterocycles. The Morgan fingerprint density at radius 3 is 2.28 bits per heavy atom. The predicted octanol–water partition coefficient (Wildman–Crippen LogP) is 4.18. The molecule has 0 aliphatic carbocycles. The van der Waals surface area contributed by atoms with E-state index in [-0.39, 0.29) is 33.6 Å². The molecule has 2 atom stereocenters.